The van der Waals surface area contributed by atoms with Crippen molar-refractivity contribution in [1.29, 1.82) is 0 Å². The van der Waals surface area contributed by atoms with E-state index < -0.39 is 0 Å². The number of hydrogen-bond acceptors (Lipinski definition) is 3. The predicted octanol–water partition coefficient (Wildman–Crippen LogP) is 0.498. The minimum atomic E-state index is -0.222. The summed E-state index contributed by atoms with van der Waals surface area (Å²) in [5, 5.41) is 6.52. The quantitative estimate of drug-likeness (QED) is 0.753. The van der Waals surface area contributed by atoms with E-state index in [1.54, 1.807) is 6.20 Å². The standard InChI is InChI=1S/C11H15N3O2/c1-2-5-14-9(3-4-12-14)6-8-7-10(15)13-11(8)16/h3-4,8H,2,5-7H2,1H3,(H,13,15,16). The van der Waals surface area contributed by atoms with E-state index in [4.69, 9.17) is 0 Å². The molecule has 0 spiro atoms. The largest absolute Gasteiger partial charge is 0.296 e. The molecule has 0 bridgehead atoms. The lowest BCUT2D eigenvalue weighted by Crippen LogP contribution is -2.23. The molecule has 1 aliphatic heterocycles. The van der Waals surface area contributed by atoms with E-state index in [-0.39, 0.29) is 17.7 Å². The lowest BCUT2D eigenvalue weighted by atomic mass is 10.0. The van der Waals surface area contributed by atoms with Gasteiger partial charge in [0.25, 0.3) is 0 Å². The van der Waals surface area contributed by atoms with Gasteiger partial charge in [0, 0.05) is 31.3 Å². The molecule has 1 N–H and O–H groups in total. The Labute approximate surface area is 93.8 Å². The van der Waals surface area contributed by atoms with E-state index >= 15 is 0 Å². The van der Waals surface area contributed by atoms with Crippen LogP contribution in [-0.4, -0.2) is 21.6 Å². The van der Waals surface area contributed by atoms with Crippen LogP contribution in [0.2, 0.25) is 0 Å². The SMILES string of the molecule is CCCn1nccc1CC1CC(=O)NC1=O. The fraction of sp³-hybridized carbons (Fsp3) is 0.545. The zero-order chi connectivity index (χ0) is 11.5. The van der Waals surface area contributed by atoms with Crippen LogP contribution in [0, 0.1) is 5.92 Å². The Morgan fingerprint density at radius 3 is 3.00 bits per heavy atom. The van der Waals surface area contributed by atoms with Gasteiger partial charge < -0.3 is 0 Å². The summed E-state index contributed by atoms with van der Waals surface area (Å²) in [7, 11) is 0. The summed E-state index contributed by atoms with van der Waals surface area (Å²) in [6.07, 6.45) is 3.64. The van der Waals surface area contributed by atoms with Gasteiger partial charge in [-0.25, -0.2) is 0 Å². The second-order valence-electron chi connectivity index (χ2n) is 4.06. The van der Waals surface area contributed by atoms with Crippen molar-refractivity contribution in [3.63, 3.8) is 0 Å². The first kappa shape index (κ1) is 10.9. The third-order valence-corrected chi connectivity index (χ3v) is 2.76. The van der Waals surface area contributed by atoms with Gasteiger partial charge in [0.2, 0.25) is 11.8 Å². The number of imide groups is 1. The second-order valence-corrected chi connectivity index (χ2v) is 4.06. The molecule has 2 rings (SSSR count). The summed E-state index contributed by atoms with van der Waals surface area (Å²) >= 11 is 0. The van der Waals surface area contributed by atoms with E-state index in [0.717, 1.165) is 18.7 Å². The van der Waals surface area contributed by atoms with Gasteiger partial charge in [-0.1, -0.05) is 6.92 Å². The molecule has 0 saturated carbocycles. The van der Waals surface area contributed by atoms with Crippen LogP contribution in [0.25, 0.3) is 0 Å². The molecule has 2 amide bonds. The Morgan fingerprint density at radius 1 is 1.56 bits per heavy atom. The first-order valence-corrected chi connectivity index (χ1v) is 5.55. The Bertz CT molecular complexity index is 411. The molecule has 1 aromatic rings. The van der Waals surface area contributed by atoms with Crippen molar-refractivity contribution in [2.75, 3.05) is 0 Å². The Balaban J connectivity index is 2.06. The van der Waals surface area contributed by atoms with Crippen LogP contribution in [0.1, 0.15) is 25.5 Å². The molecule has 16 heavy (non-hydrogen) atoms. The number of aromatic nitrogens is 2. The van der Waals surface area contributed by atoms with Crippen LogP contribution >= 0.6 is 0 Å². The first-order chi connectivity index (χ1) is 7.70. The molecule has 1 aliphatic rings. The van der Waals surface area contributed by atoms with Crippen LogP contribution in [0.15, 0.2) is 12.3 Å². The van der Waals surface area contributed by atoms with E-state index in [0.29, 0.717) is 12.8 Å². The average Bonchev–Trinajstić information content (AvgIpc) is 2.77. The summed E-state index contributed by atoms with van der Waals surface area (Å²) in [5.74, 6) is -0.550. The molecule has 1 unspecified atom stereocenters. The minimum Gasteiger partial charge on any atom is -0.296 e. The minimum absolute atomic E-state index is 0.158. The third-order valence-electron chi connectivity index (χ3n) is 2.76. The lowest BCUT2D eigenvalue weighted by molar-refractivity contribution is -0.125. The lowest BCUT2D eigenvalue weighted by Gasteiger charge is -2.08. The van der Waals surface area contributed by atoms with Gasteiger partial charge in [-0.2, -0.15) is 5.10 Å². The van der Waals surface area contributed by atoms with Crippen molar-refractivity contribution >= 4 is 11.8 Å². The van der Waals surface area contributed by atoms with Crippen molar-refractivity contribution in [1.82, 2.24) is 15.1 Å². The number of nitrogens with one attached hydrogen (secondary N) is 1. The van der Waals surface area contributed by atoms with Gasteiger partial charge in [-0.05, 0) is 12.5 Å². The number of rotatable bonds is 4. The predicted molar refractivity (Wildman–Crippen MR) is 57.5 cm³/mol. The maximum absolute atomic E-state index is 11.4. The molecule has 2 heterocycles. The molecular formula is C11H15N3O2. The first-order valence-electron chi connectivity index (χ1n) is 5.55. The zero-order valence-corrected chi connectivity index (χ0v) is 9.27. The molecule has 1 aromatic heterocycles. The van der Waals surface area contributed by atoms with Crippen molar-refractivity contribution < 1.29 is 9.59 Å². The van der Waals surface area contributed by atoms with Gasteiger partial charge >= 0.3 is 0 Å². The second kappa shape index (κ2) is 4.47. The Morgan fingerprint density at radius 2 is 2.38 bits per heavy atom. The highest BCUT2D eigenvalue weighted by Crippen LogP contribution is 2.17. The molecule has 1 saturated heterocycles. The number of carbonyl (C=O) groups excluding carboxylic acids is 2. The molecule has 0 aliphatic carbocycles. The van der Waals surface area contributed by atoms with Crippen LogP contribution in [0.3, 0.4) is 0 Å². The van der Waals surface area contributed by atoms with E-state index in [1.807, 2.05) is 10.7 Å². The highest BCUT2D eigenvalue weighted by atomic mass is 16.2. The number of amides is 2. The van der Waals surface area contributed by atoms with E-state index in [9.17, 15) is 9.59 Å². The van der Waals surface area contributed by atoms with Crippen LogP contribution in [-0.2, 0) is 22.6 Å². The molecule has 0 aromatic carbocycles. The van der Waals surface area contributed by atoms with Gasteiger partial charge in [0.1, 0.15) is 0 Å². The van der Waals surface area contributed by atoms with Gasteiger partial charge in [0.05, 0.1) is 5.92 Å². The highest BCUT2D eigenvalue weighted by Gasteiger charge is 2.31. The smallest absolute Gasteiger partial charge is 0.230 e. The third kappa shape index (κ3) is 2.13. The van der Waals surface area contributed by atoms with Crippen molar-refractivity contribution in [2.24, 2.45) is 5.92 Å². The fourth-order valence-electron chi connectivity index (χ4n) is 1.97. The summed E-state index contributed by atoms with van der Waals surface area (Å²) < 4.78 is 1.90. The topological polar surface area (TPSA) is 64.0 Å². The number of nitrogens with zero attached hydrogens (tertiary/aromatic N) is 2. The van der Waals surface area contributed by atoms with Gasteiger partial charge in [-0.3, -0.25) is 19.6 Å². The van der Waals surface area contributed by atoms with Crippen LogP contribution in [0.5, 0.6) is 0 Å². The summed E-state index contributed by atoms with van der Waals surface area (Å²) in [6.45, 7) is 2.93. The maximum atomic E-state index is 11.4. The molecule has 86 valence electrons. The fourth-order valence-corrected chi connectivity index (χ4v) is 1.97. The molecule has 0 radical (unpaired) electrons. The van der Waals surface area contributed by atoms with Crippen LogP contribution in [0.4, 0.5) is 0 Å². The average molecular weight is 221 g/mol. The molecule has 5 heteroatoms. The maximum Gasteiger partial charge on any atom is 0.230 e. The highest BCUT2D eigenvalue weighted by molar-refractivity contribution is 6.03. The summed E-state index contributed by atoms with van der Waals surface area (Å²) in [4.78, 5) is 22.5. The number of aryl methyl sites for hydroxylation is 1. The number of carbonyl (C=O) groups is 2. The Hall–Kier alpha value is -1.65. The van der Waals surface area contributed by atoms with Crippen molar-refractivity contribution in [2.45, 2.75) is 32.7 Å². The van der Waals surface area contributed by atoms with Crippen molar-refractivity contribution in [3.8, 4) is 0 Å². The van der Waals surface area contributed by atoms with Crippen molar-refractivity contribution in [3.05, 3.63) is 18.0 Å². The zero-order valence-electron chi connectivity index (χ0n) is 9.27. The summed E-state index contributed by atoms with van der Waals surface area (Å²) in [5.41, 5.74) is 1.02. The summed E-state index contributed by atoms with van der Waals surface area (Å²) in [6, 6.07) is 1.91. The molecule has 1 atom stereocenters. The number of hydrogen-bond donors (Lipinski definition) is 1. The monoisotopic (exact) mass is 221 g/mol. The molecule has 5 nitrogen and oxygen atoms in total. The van der Waals surface area contributed by atoms with E-state index in [2.05, 4.69) is 17.3 Å². The molecular weight excluding hydrogens is 206 g/mol. The van der Waals surface area contributed by atoms with E-state index in [1.165, 1.54) is 0 Å². The van der Waals surface area contributed by atoms with Gasteiger partial charge in [0.15, 0.2) is 0 Å². The van der Waals surface area contributed by atoms with Gasteiger partial charge in [-0.15, -0.1) is 0 Å². The Kier molecular flexibility index (Phi) is 3.03. The molecule has 1 fully saturated rings. The normalized spacial score (nSPS) is 20.2. The van der Waals surface area contributed by atoms with Crippen LogP contribution < -0.4 is 5.32 Å².